The maximum Gasteiger partial charge on any atom is 0.384 e. The molecule has 1 fully saturated rings. The zero-order chi connectivity index (χ0) is 22.7. The van der Waals surface area contributed by atoms with Crippen LogP contribution >= 0.6 is 0 Å². The summed E-state index contributed by atoms with van der Waals surface area (Å²) in [5.41, 5.74) is -6.09. The van der Waals surface area contributed by atoms with Crippen molar-refractivity contribution in [2.75, 3.05) is 0 Å². The quantitative estimate of drug-likeness (QED) is 0.556. The minimum Gasteiger partial charge on any atom is -0.388 e. The number of aliphatic hydroxyl groups excluding tert-OH is 1. The van der Waals surface area contributed by atoms with Gasteiger partial charge in [-0.1, -0.05) is 37.6 Å². The molecule has 166 valence electrons. The third kappa shape index (κ3) is 2.84. The van der Waals surface area contributed by atoms with Crippen LogP contribution in [0.1, 0.15) is 37.0 Å². The van der Waals surface area contributed by atoms with Gasteiger partial charge in [-0.15, -0.1) is 0 Å². The van der Waals surface area contributed by atoms with E-state index in [1.54, 1.807) is 6.92 Å². The summed E-state index contributed by atoms with van der Waals surface area (Å²) in [6, 6.07) is 4.48. The number of aryl methyl sites for hydroxylation is 1. The normalized spacial score (nSPS) is 26.7. The minimum atomic E-state index is -7.25. The van der Waals surface area contributed by atoms with Crippen LogP contribution in [0.25, 0.3) is 0 Å². The molecule has 1 N–H and O–H groups in total. The molecular formula is C17H15F11O. The predicted octanol–water partition coefficient (Wildman–Crippen LogP) is 5.96. The van der Waals surface area contributed by atoms with Crippen molar-refractivity contribution in [2.24, 2.45) is 0 Å². The number of benzene rings is 1. The maximum absolute atomic E-state index is 14.6. The Morgan fingerprint density at radius 2 is 1.07 bits per heavy atom. The van der Waals surface area contributed by atoms with Crippen LogP contribution in [0.3, 0.4) is 0 Å². The highest BCUT2D eigenvalue weighted by Crippen LogP contribution is 2.70. The van der Waals surface area contributed by atoms with Gasteiger partial charge in [-0.2, -0.15) is 43.9 Å². The van der Waals surface area contributed by atoms with Gasteiger partial charge in [0.1, 0.15) is 0 Å². The van der Waals surface area contributed by atoms with E-state index in [1.807, 2.05) is 0 Å². The van der Waals surface area contributed by atoms with Crippen molar-refractivity contribution in [1.29, 1.82) is 0 Å². The highest BCUT2D eigenvalue weighted by molar-refractivity contribution is 5.29. The van der Waals surface area contributed by atoms with E-state index >= 15 is 0 Å². The molecule has 0 amide bonds. The fraction of sp³-hybridized carbons (Fsp3) is 0.647. The Morgan fingerprint density at radius 1 is 0.690 bits per heavy atom. The van der Waals surface area contributed by atoms with Crippen LogP contribution in [-0.4, -0.2) is 40.4 Å². The molecule has 0 radical (unpaired) electrons. The lowest BCUT2D eigenvalue weighted by atomic mass is 9.69. The van der Waals surface area contributed by atoms with Crippen molar-refractivity contribution in [3.05, 3.63) is 35.4 Å². The number of hydrogen-bond acceptors (Lipinski definition) is 1. The van der Waals surface area contributed by atoms with Crippen molar-refractivity contribution in [1.82, 2.24) is 0 Å². The Bertz CT molecular complexity index is 712. The Kier molecular flexibility index (Phi) is 5.48. The first-order valence-corrected chi connectivity index (χ1v) is 8.27. The largest absolute Gasteiger partial charge is 0.388 e. The summed E-state index contributed by atoms with van der Waals surface area (Å²) in [6.45, 7) is 1.79. The summed E-state index contributed by atoms with van der Waals surface area (Å²) >= 11 is 0. The van der Waals surface area contributed by atoms with Gasteiger partial charge in [0, 0.05) is 6.42 Å². The van der Waals surface area contributed by atoms with Crippen LogP contribution in [0.5, 0.6) is 0 Å². The summed E-state index contributed by atoms with van der Waals surface area (Å²) in [5.74, 6) is -35.4. The highest BCUT2D eigenvalue weighted by Gasteiger charge is 3.00. The maximum atomic E-state index is 14.6. The van der Waals surface area contributed by atoms with Crippen LogP contribution in [0.15, 0.2) is 24.3 Å². The molecule has 1 unspecified atom stereocenters. The van der Waals surface area contributed by atoms with Crippen molar-refractivity contribution in [2.45, 2.75) is 67.6 Å². The number of hydrogen-bond donors (Lipinski definition) is 1. The van der Waals surface area contributed by atoms with Gasteiger partial charge >= 0.3 is 29.6 Å². The van der Waals surface area contributed by atoms with E-state index < -0.39 is 53.4 Å². The van der Waals surface area contributed by atoms with E-state index in [0.717, 1.165) is 12.1 Å². The second-order valence-electron chi connectivity index (χ2n) is 6.88. The van der Waals surface area contributed by atoms with Gasteiger partial charge in [0.2, 0.25) is 0 Å². The smallest absolute Gasteiger partial charge is 0.384 e. The van der Waals surface area contributed by atoms with E-state index in [2.05, 4.69) is 0 Å². The summed E-state index contributed by atoms with van der Waals surface area (Å²) in [7, 11) is 0. The lowest BCUT2D eigenvalue weighted by Gasteiger charge is -2.52. The lowest BCUT2D eigenvalue weighted by Crippen LogP contribution is -2.83. The molecule has 1 atom stereocenters. The number of halogens is 11. The van der Waals surface area contributed by atoms with Crippen molar-refractivity contribution < 1.29 is 53.4 Å². The average molecular weight is 444 g/mol. The van der Waals surface area contributed by atoms with Crippen molar-refractivity contribution >= 4 is 0 Å². The fourth-order valence-electron chi connectivity index (χ4n) is 3.12. The van der Waals surface area contributed by atoms with Gasteiger partial charge in [0.25, 0.3) is 5.67 Å². The zero-order valence-electron chi connectivity index (χ0n) is 14.6. The summed E-state index contributed by atoms with van der Waals surface area (Å²) in [4.78, 5) is 0. The van der Waals surface area contributed by atoms with Crippen LogP contribution in [0, 0.1) is 0 Å². The van der Waals surface area contributed by atoms with E-state index in [0.29, 0.717) is 18.4 Å². The molecule has 2 rings (SSSR count). The first-order chi connectivity index (χ1) is 12.9. The van der Waals surface area contributed by atoms with Crippen molar-refractivity contribution in [3.63, 3.8) is 0 Å². The van der Waals surface area contributed by atoms with Gasteiger partial charge in [-0.25, -0.2) is 4.39 Å². The molecule has 1 aromatic rings. The van der Waals surface area contributed by atoms with Crippen LogP contribution in [-0.2, 0) is 6.42 Å². The third-order valence-electron chi connectivity index (χ3n) is 4.95. The van der Waals surface area contributed by atoms with Crippen LogP contribution in [0.2, 0.25) is 0 Å². The van der Waals surface area contributed by atoms with E-state index in [9.17, 15) is 53.4 Å². The van der Waals surface area contributed by atoms with E-state index in [-0.39, 0.29) is 0 Å². The molecule has 1 nitrogen and oxygen atoms in total. The number of alkyl halides is 11. The van der Waals surface area contributed by atoms with Crippen LogP contribution in [0.4, 0.5) is 48.3 Å². The highest BCUT2D eigenvalue weighted by atomic mass is 19.4. The molecule has 1 aliphatic carbocycles. The summed E-state index contributed by atoms with van der Waals surface area (Å²) in [6.07, 6.45) is -4.20. The van der Waals surface area contributed by atoms with Gasteiger partial charge < -0.3 is 5.11 Å². The summed E-state index contributed by atoms with van der Waals surface area (Å²) in [5, 5.41) is 9.81. The second kappa shape index (κ2) is 6.71. The number of aliphatic hydroxyl groups is 1. The molecule has 29 heavy (non-hydrogen) atoms. The molecule has 1 saturated carbocycles. The Morgan fingerprint density at radius 3 is 1.45 bits per heavy atom. The van der Waals surface area contributed by atoms with Gasteiger partial charge in [-0.05, 0) is 17.5 Å². The lowest BCUT2D eigenvalue weighted by molar-refractivity contribution is -0.487. The molecule has 1 aromatic carbocycles. The standard InChI is InChI=1S/C17H15F11O/c1-2-3-9-4-6-10(7-5-9)11(29)8-12(18)13(19,20)15(23,24)17(27,28)16(25,26)14(12,21)22/h4-7,11,29H,2-3,8H2,1H3. The zero-order valence-corrected chi connectivity index (χ0v) is 14.6. The molecule has 0 heterocycles. The molecular weight excluding hydrogens is 429 g/mol. The molecule has 0 saturated heterocycles. The first kappa shape index (κ1) is 23.7. The SMILES string of the molecule is CCCc1ccc(C(O)CC2(F)C(F)(F)C(F)(F)C(F)(F)C(F)(F)C2(F)F)cc1. The fourth-order valence-corrected chi connectivity index (χ4v) is 3.12. The molecule has 1 aliphatic rings. The average Bonchev–Trinajstić information content (AvgIpc) is 2.60. The van der Waals surface area contributed by atoms with Gasteiger partial charge in [0.05, 0.1) is 6.10 Å². The molecule has 0 bridgehead atoms. The van der Waals surface area contributed by atoms with Crippen molar-refractivity contribution in [3.8, 4) is 0 Å². The van der Waals surface area contributed by atoms with Crippen LogP contribution < -0.4 is 0 Å². The Labute approximate surface area is 157 Å². The first-order valence-electron chi connectivity index (χ1n) is 8.27. The van der Waals surface area contributed by atoms with E-state index in [1.165, 1.54) is 12.1 Å². The second-order valence-corrected chi connectivity index (χ2v) is 6.88. The van der Waals surface area contributed by atoms with Gasteiger partial charge in [-0.3, -0.25) is 0 Å². The monoisotopic (exact) mass is 444 g/mol. The van der Waals surface area contributed by atoms with Gasteiger partial charge in [0.15, 0.2) is 0 Å². The minimum absolute atomic E-state index is 0.507. The number of rotatable bonds is 5. The Hall–Kier alpha value is -1.59. The summed E-state index contributed by atoms with van der Waals surface area (Å²) < 4.78 is 150. The Balaban J connectivity index is 2.53. The topological polar surface area (TPSA) is 20.2 Å². The molecule has 12 heteroatoms. The van der Waals surface area contributed by atoms with E-state index in [4.69, 9.17) is 0 Å². The molecule has 0 aromatic heterocycles. The third-order valence-corrected chi connectivity index (χ3v) is 4.95. The molecule has 0 spiro atoms. The molecule has 0 aliphatic heterocycles. The predicted molar refractivity (Wildman–Crippen MR) is 78.6 cm³/mol.